The Hall–Kier alpha value is -4.30. The van der Waals surface area contributed by atoms with Gasteiger partial charge in [0.25, 0.3) is 0 Å². The second kappa shape index (κ2) is 8.42. The summed E-state index contributed by atoms with van der Waals surface area (Å²) in [6.45, 7) is 4.10. The highest BCUT2D eigenvalue weighted by Crippen LogP contribution is 2.51. The van der Waals surface area contributed by atoms with Crippen molar-refractivity contribution in [3.8, 4) is 34.1 Å². The fourth-order valence-electron chi connectivity index (χ4n) is 6.14. The molecule has 0 unspecified atom stereocenters. The van der Waals surface area contributed by atoms with Gasteiger partial charge in [0.15, 0.2) is 5.78 Å². The van der Waals surface area contributed by atoms with E-state index in [9.17, 15) is 10.1 Å². The molecule has 2 aliphatic carbocycles. The molecule has 6 rings (SSSR count). The number of allylic oxidation sites excluding steroid dienone is 2. The van der Waals surface area contributed by atoms with Crippen molar-refractivity contribution in [2.75, 3.05) is 0 Å². The molecule has 0 N–H and O–H groups in total. The molecule has 4 aromatic rings. The van der Waals surface area contributed by atoms with Crippen molar-refractivity contribution in [2.24, 2.45) is 11.8 Å². The quantitative estimate of drug-likeness (QED) is 0.363. The Morgan fingerprint density at radius 2 is 1.72 bits per heavy atom. The maximum Gasteiger partial charge on any atom is 0.176 e. The maximum atomic E-state index is 12.8. The third kappa shape index (κ3) is 3.33. The first-order valence-corrected chi connectivity index (χ1v) is 12.4. The lowest BCUT2D eigenvalue weighted by atomic mass is 9.58. The van der Waals surface area contributed by atoms with Crippen molar-refractivity contribution in [1.29, 1.82) is 5.26 Å². The topological polar surface area (TPSA) is 71.6 Å². The van der Waals surface area contributed by atoms with E-state index in [2.05, 4.69) is 60.4 Å². The lowest BCUT2D eigenvalue weighted by molar-refractivity contribution is -0.121. The molecule has 0 fully saturated rings. The van der Waals surface area contributed by atoms with E-state index in [1.807, 2.05) is 48.1 Å². The Labute approximate surface area is 210 Å². The number of carbonyl (C=O) groups is 1. The van der Waals surface area contributed by atoms with Crippen LogP contribution in [0.2, 0.25) is 0 Å². The molecule has 36 heavy (non-hydrogen) atoms. The monoisotopic (exact) mass is 470 g/mol. The Morgan fingerprint density at radius 3 is 2.42 bits per heavy atom. The summed E-state index contributed by atoms with van der Waals surface area (Å²) >= 11 is 0. The Morgan fingerprint density at radius 1 is 1.00 bits per heavy atom. The second-order valence-corrected chi connectivity index (χ2v) is 9.99. The number of ketones is 1. The minimum Gasteiger partial charge on any atom is -0.293 e. The van der Waals surface area contributed by atoms with E-state index in [1.54, 1.807) is 6.20 Å². The summed E-state index contributed by atoms with van der Waals surface area (Å²) in [5.74, 6) is -0.146. The largest absolute Gasteiger partial charge is 0.293 e. The van der Waals surface area contributed by atoms with E-state index in [-0.39, 0.29) is 23.2 Å². The number of pyridine rings is 1. The van der Waals surface area contributed by atoms with Gasteiger partial charge in [0.05, 0.1) is 22.6 Å². The fraction of sp³-hybridized carbons (Fsp3) is 0.226. The molecule has 0 radical (unpaired) electrons. The predicted octanol–water partition coefficient (Wildman–Crippen LogP) is 6.09. The molecule has 0 saturated carbocycles. The average molecular weight is 471 g/mol. The van der Waals surface area contributed by atoms with Crippen molar-refractivity contribution in [3.05, 3.63) is 102 Å². The van der Waals surface area contributed by atoms with E-state index in [1.165, 1.54) is 11.1 Å². The first-order valence-electron chi connectivity index (χ1n) is 12.4. The lowest BCUT2D eigenvalue weighted by Crippen LogP contribution is -2.45. The highest BCUT2D eigenvalue weighted by atomic mass is 16.1. The number of rotatable bonds is 3. The smallest absolute Gasteiger partial charge is 0.176 e. The molecule has 5 nitrogen and oxygen atoms in total. The summed E-state index contributed by atoms with van der Waals surface area (Å²) in [5, 5.41) is 14.9. The Bertz CT molecular complexity index is 1530. The van der Waals surface area contributed by atoms with E-state index < -0.39 is 5.41 Å². The molecule has 3 atom stereocenters. The third-order valence-corrected chi connectivity index (χ3v) is 7.97. The van der Waals surface area contributed by atoms with Crippen molar-refractivity contribution in [3.63, 3.8) is 0 Å². The molecule has 5 heteroatoms. The average Bonchev–Trinajstić information content (AvgIpc) is 3.33. The Kier molecular flexibility index (Phi) is 5.19. The van der Waals surface area contributed by atoms with Crippen molar-refractivity contribution >= 4 is 5.78 Å². The summed E-state index contributed by atoms with van der Waals surface area (Å²) in [6, 6.07) is 24.9. The molecule has 0 saturated heterocycles. The molecule has 0 aliphatic heterocycles. The number of aromatic nitrogens is 3. The third-order valence-electron chi connectivity index (χ3n) is 7.97. The van der Waals surface area contributed by atoms with Crippen LogP contribution in [0, 0.1) is 23.2 Å². The van der Waals surface area contributed by atoms with E-state index >= 15 is 0 Å². The van der Waals surface area contributed by atoms with Crippen molar-refractivity contribution < 1.29 is 4.79 Å². The number of hydrogen-bond acceptors (Lipinski definition) is 4. The zero-order valence-electron chi connectivity index (χ0n) is 20.3. The van der Waals surface area contributed by atoms with Crippen LogP contribution in [-0.2, 0) is 16.6 Å². The second-order valence-electron chi connectivity index (χ2n) is 9.99. The van der Waals surface area contributed by atoms with Gasteiger partial charge in [0, 0.05) is 34.9 Å². The van der Waals surface area contributed by atoms with Gasteiger partial charge in [-0.05, 0) is 54.2 Å². The standard InChI is InChI=1S/C31H26N4O/c1-20-27-15-14-26-28(23-9-6-16-33-19-23)35(34-30(26)31(27,2)17-24(18-32)29(20)36)25-12-10-22(11-13-25)21-7-4-3-5-8-21/h3-13,16-17,19-20,27H,14-15H2,1-2H3/t20-,27-,31-/m1/s1. The van der Waals surface area contributed by atoms with Crippen LogP contribution in [0.5, 0.6) is 0 Å². The number of hydrogen-bond donors (Lipinski definition) is 0. The van der Waals surface area contributed by atoms with E-state index in [0.717, 1.165) is 41.0 Å². The van der Waals surface area contributed by atoms with Crippen LogP contribution in [0.4, 0.5) is 0 Å². The van der Waals surface area contributed by atoms with Gasteiger partial charge in [0.1, 0.15) is 6.07 Å². The number of Topliss-reactive ketones (excluding diaryl/α,β-unsaturated/α-hetero) is 1. The highest BCUT2D eigenvalue weighted by Gasteiger charge is 2.50. The van der Waals surface area contributed by atoms with Gasteiger partial charge in [-0.15, -0.1) is 0 Å². The molecule has 0 bridgehead atoms. The predicted molar refractivity (Wildman–Crippen MR) is 139 cm³/mol. The molecule has 2 aromatic carbocycles. The van der Waals surface area contributed by atoms with Gasteiger partial charge in [-0.25, -0.2) is 4.68 Å². The SMILES string of the molecule is C[C@H]1C(=O)C(C#N)=C[C@@]2(C)c3nn(-c4ccc(-c5ccccc5)cc4)c(-c4cccnc4)c3CC[C@H]12. The molecule has 2 aliphatic rings. The van der Waals surface area contributed by atoms with Crippen molar-refractivity contribution in [1.82, 2.24) is 14.8 Å². The van der Waals surface area contributed by atoms with Gasteiger partial charge in [0.2, 0.25) is 0 Å². The highest BCUT2D eigenvalue weighted by molar-refractivity contribution is 6.02. The minimum atomic E-state index is -0.488. The zero-order valence-corrected chi connectivity index (χ0v) is 20.3. The van der Waals surface area contributed by atoms with Crippen LogP contribution < -0.4 is 0 Å². The molecule has 176 valence electrons. The normalized spacial score (nSPS) is 22.8. The Balaban J connectivity index is 1.55. The molecule has 2 aromatic heterocycles. The van der Waals surface area contributed by atoms with Gasteiger partial charge in [-0.1, -0.05) is 62.4 Å². The van der Waals surface area contributed by atoms with Crippen LogP contribution in [0.1, 0.15) is 31.5 Å². The number of nitrogens with zero attached hydrogens (tertiary/aromatic N) is 4. The molecule has 0 spiro atoms. The molecule has 2 heterocycles. The number of nitriles is 1. The summed E-state index contributed by atoms with van der Waals surface area (Å²) in [4.78, 5) is 17.2. The van der Waals surface area contributed by atoms with Crippen LogP contribution >= 0.6 is 0 Å². The van der Waals surface area contributed by atoms with Crippen LogP contribution in [0.25, 0.3) is 28.1 Å². The molecule has 0 amide bonds. The van der Waals surface area contributed by atoms with E-state index in [4.69, 9.17) is 5.10 Å². The number of carbonyl (C=O) groups excluding carboxylic acids is 1. The fourth-order valence-corrected chi connectivity index (χ4v) is 6.14. The summed E-state index contributed by atoms with van der Waals surface area (Å²) in [6.07, 6.45) is 7.23. The van der Waals surface area contributed by atoms with Gasteiger partial charge in [-0.2, -0.15) is 10.4 Å². The minimum absolute atomic E-state index is 0.0492. The van der Waals surface area contributed by atoms with Gasteiger partial charge < -0.3 is 0 Å². The lowest BCUT2D eigenvalue weighted by Gasteiger charge is -2.44. The van der Waals surface area contributed by atoms with Gasteiger partial charge >= 0.3 is 0 Å². The molecular formula is C31H26N4O. The molecular weight excluding hydrogens is 444 g/mol. The summed E-state index contributed by atoms with van der Waals surface area (Å²) in [5.41, 5.74) is 7.20. The first kappa shape index (κ1) is 22.2. The van der Waals surface area contributed by atoms with Crippen LogP contribution in [-0.4, -0.2) is 20.5 Å². The maximum absolute atomic E-state index is 12.8. The number of fused-ring (bicyclic) bond motifs is 3. The van der Waals surface area contributed by atoms with Gasteiger partial charge in [-0.3, -0.25) is 9.78 Å². The van der Waals surface area contributed by atoms with Crippen LogP contribution in [0.15, 0.2) is 90.8 Å². The summed E-state index contributed by atoms with van der Waals surface area (Å²) in [7, 11) is 0. The number of benzene rings is 2. The van der Waals surface area contributed by atoms with Crippen molar-refractivity contribution in [2.45, 2.75) is 32.1 Å². The first-order chi connectivity index (χ1) is 17.5. The summed E-state index contributed by atoms with van der Waals surface area (Å²) < 4.78 is 2.02. The zero-order chi connectivity index (χ0) is 24.9. The van der Waals surface area contributed by atoms with E-state index in [0.29, 0.717) is 0 Å². The van der Waals surface area contributed by atoms with Crippen LogP contribution in [0.3, 0.4) is 0 Å².